The molecule has 0 aliphatic heterocycles. The van der Waals surface area contributed by atoms with E-state index in [1.54, 1.807) is 0 Å². The monoisotopic (exact) mass is 280 g/mol. The van der Waals surface area contributed by atoms with E-state index in [-0.39, 0.29) is 0 Å². The maximum atomic E-state index is 5.13. The molecule has 0 rings (SSSR count). The van der Waals surface area contributed by atoms with Gasteiger partial charge in [-0.15, -0.1) is 0 Å². The van der Waals surface area contributed by atoms with Gasteiger partial charge in [-0.05, 0) is 0 Å². The van der Waals surface area contributed by atoms with Gasteiger partial charge in [-0.25, -0.2) is 0 Å². The van der Waals surface area contributed by atoms with Crippen LogP contribution in [-0.4, -0.2) is 29.9 Å². The van der Waals surface area contributed by atoms with E-state index in [2.05, 4.69) is 11.8 Å². The van der Waals surface area contributed by atoms with Gasteiger partial charge < -0.3 is 0 Å². The molecule has 11 heavy (non-hydrogen) atoms. The summed E-state index contributed by atoms with van der Waals surface area (Å²) in [6.45, 7) is 0. The van der Waals surface area contributed by atoms with E-state index >= 15 is 0 Å². The van der Waals surface area contributed by atoms with Crippen LogP contribution in [0.3, 0.4) is 0 Å². The summed E-state index contributed by atoms with van der Waals surface area (Å²) in [4.78, 5) is 0. The maximum absolute atomic E-state index is 5.13. The molecule has 0 aromatic rings. The molecular formula is C9H12Se2. The minimum atomic E-state index is 0.793. The SMILES string of the molecule is C#CCC[Se]C[Se]CCC#C. The van der Waals surface area contributed by atoms with Crippen LogP contribution in [0.25, 0.3) is 0 Å². The first-order chi connectivity index (χ1) is 5.41. The molecule has 0 saturated carbocycles. The molecule has 0 heterocycles. The van der Waals surface area contributed by atoms with Crippen molar-refractivity contribution >= 4 is 29.9 Å². The van der Waals surface area contributed by atoms with Crippen molar-refractivity contribution in [1.82, 2.24) is 0 Å². The first-order valence-corrected chi connectivity index (χ1v) is 8.28. The van der Waals surface area contributed by atoms with Crippen LogP contribution in [0, 0.1) is 24.7 Å². The van der Waals surface area contributed by atoms with Gasteiger partial charge in [0, 0.05) is 0 Å². The summed E-state index contributed by atoms with van der Waals surface area (Å²) in [5.41, 5.74) is 0. The summed E-state index contributed by atoms with van der Waals surface area (Å²) in [6.07, 6.45) is 12.2. The van der Waals surface area contributed by atoms with Crippen molar-refractivity contribution in [1.29, 1.82) is 0 Å². The first kappa shape index (κ1) is 11.2. The Morgan fingerprint density at radius 1 is 0.909 bits per heavy atom. The number of hydrogen-bond donors (Lipinski definition) is 0. The van der Waals surface area contributed by atoms with Crippen LogP contribution in [0.1, 0.15) is 12.8 Å². The molecule has 60 valence electrons. The second-order valence-electron chi connectivity index (χ2n) is 1.84. The van der Waals surface area contributed by atoms with Crippen LogP contribution < -0.4 is 0 Å². The fraction of sp³-hybridized carbons (Fsp3) is 0.556. The van der Waals surface area contributed by atoms with Crippen molar-refractivity contribution in [2.75, 3.05) is 0 Å². The van der Waals surface area contributed by atoms with Crippen LogP contribution in [-0.2, 0) is 0 Å². The predicted molar refractivity (Wildman–Crippen MR) is 52.8 cm³/mol. The van der Waals surface area contributed by atoms with Gasteiger partial charge in [0.15, 0.2) is 0 Å². The Morgan fingerprint density at radius 2 is 1.36 bits per heavy atom. The molecule has 0 unspecified atom stereocenters. The quantitative estimate of drug-likeness (QED) is 0.394. The van der Waals surface area contributed by atoms with E-state index < -0.39 is 0 Å². The van der Waals surface area contributed by atoms with Crippen LogP contribution in [0.2, 0.25) is 14.9 Å². The molecular weight excluding hydrogens is 266 g/mol. The third-order valence-electron chi connectivity index (χ3n) is 0.948. The number of hydrogen-bond acceptors (Lipinski definition) is 0. The van der Waals surface area contributed by atoms with Gasteiger partial charge in [-0.1, -0.05) is 0 Å². The van der Waals surface area contributed by atoms with Gasteiger partial charge in [0.25, 0.3) is 0 Å². The Balaban J connectivity index is 2.82. The predicted octanol–water partition coefficient (Wildman–Crippen LogP) is 1.65. The second-order valence-corrected chi connectivity index (χ2v) is 8.33. The van der Waals surface area contributed by atoms with E-state index in [1.807, 2.05) is 0 Å². The van der Waals surface area contributed by atoms with Crippen LogP contribution in [0.5, 0.6) is 0 Å². The minimum absolute atomic E-state index is 0.793. The van der Waals surface area contributed by atoms with Crippen LogP contribution in [0.15, 0.2) is 0 Å². The summed E-state index contributed by atoms with van der Waals surface area (Å²) in [7, 11) is 0. The zero-order valence-corrected chi connectivity index (χ0v) is 9.93. The molecule has 0 radical (unpaired) electrons. The molecule has 2 heteroatoms. The zero-order valence-electron chi connectivity index (χ0n) is 6.51. The summed E-state index contributed by atoms with van der Waals surface area (Å²) >= 11 is 1.59. The van der Waals surface area contributed by atoms with Crippen molar-refractivity contribution in [3.8, 4) is 24.7 Å². The Kier molecular flexibility index (Phi) is 10.3. The van der Waals surface area contributed by atoms with Crippen LogP contribution in [0.4, 0.5) is 0 Å². The van der Waals surface area contributed by atoms with Gasteiger partial charge in [0.1, 0.15) is 0 Å². The van der Waals surface area contributed by atoms with Gasteiger partial charge in [-0.3, -0.25) is 0 Å². The Morgan fingerprint density at radius 3 is 1.73 bits per heavy atom. The van der Waals surface area contributed by atoms with E-state index in [0.29, 0.717) is 0 Å². The van der Waals surface area contributed by atoms with E-state index in [0.717, 1.165) is 42.8 Å². The standard InChI is InChI=1S/C9H12Se2/c1-3-5-7-10-9-11-8-6-4-2/h1-2H,5-9H2. The average Bonchev–Trinajstić information content (AvgIpc) is 2.03. The average molecular weight is 278 g/mol. The Hall–Kier alpha value is 0.159. The molecule has 0 bridgehead atoms. The van der Waals surface area contributed by atoms with Gasteiger partial charge in [-0.2, -0.15) is 0 Å². The molecule has 0 aromatic carbocycles. The number of terminal acetylenes is 2. The molecule has 0 nitrogen and oxygen atoms in total. The van der Waals surface area contributed by atoms with E-state index in [4.69, 9.17) is 12.8 Å². The summed E-state index contributed by atoms with van der Waals surface area (Å²) in [5.74, 6) is 5.32. The van der Waals surface area contributed by atoms with Crippen molar-refractivity contribution in [3.63, 3.8) is 0 Å². The van der Waals surface area contributed by atoms with E-state index in [1.165, 1.54) is 14.9 Å². The summed E-state index contributed by atoms with van der Waals surface area (Å²) in [6, 6.07) is 0. The van der Waals surface area contributed by atoms with Crippen molar-refractivity contribution in [2.45, 2.75) is 27.7 Å². The third kappa shape index (κ3) is 10.2. The van der Waals surface area contributed by atoms with E-state index in [9.17, 15) is 0 Å². The first-order valence-electron chi connectivity index (χ1n) is 3.44. The Labute approximate surface area is 82.2 Å². The van der Waals surface area contributed by atoms with Gasteiger partial charge in [0.2, 0.25) is 0 Å². The molecule has 0 saturated heterocycles. The molecule has 0 fully saturated rings. The topological polar surface area (TPSA) is 0 Å². The van der Waals surface area contributed by atoms with Crippen molar-refractivity contribution in [3.05, 3.63) is 0 Å². The van der Waals surface area contributed by atoms with Crippen molar-refractivity contribution in [2.24, 2.45) is 0 Å². The summed E-state index contributed by atoms with van der Waals surface area (Å²) < 4.78 is 1.41. The fourth-order valence-electron chi connectivity index (χ4n) is 0.439. The Bertz CT molecular complexity index is 132. The molecule has 0 aromatic heterocycles. The second kappa shape index (κ2) is 10.2. The molecule has 0 amide bonds. The third-order valence-corrected chi connectivity index (χ3v) is 7.35. The normalized spacial score (nSPS) is 8.55. The number of rotatable bonds is 6. The van der Waals surface area contributed by atoms with Crippen LogP contribution >= 0.6 is 0 Å². The fourth-order valence-corrected chi connectivity index (χ4v) is 6.14. The molecule has 0 spiro atoms. The van der Waals surface area contributed by atoms with Gasteiger partial charge in [0.05, 0.1) is 0 Å². The summed E-state index contributed by atoms with van der Waals surface area (Å²) in [5, 5.41) is 2.50. The van der Waals surface area contributed by atoms with Crippen molar-refractivity contribution < 1.29 is 0 Å². The molecule has 0 aliphatic rings. The molecule has 0 N–H and O–H groups in total. The zero-order chi connectivity index (χ0) is 8.36. The molecule has 0 aliphatic carbocycles. The van der Waals surface area contributed by atoms with Gasteiger partial charge >= 0.3 is 82.3 Å². The molecule has 0 atom stereocenters.